The molecule has 0 radical (unpaired) electrons. The third-order valence-corrected chi connectivity index (χ3v) is 6.54. The smallest absolute Gasteiger partial charge is 0.234 e. The van der Waals surface area contributed by atoms with Crippen LogP contribution in [0.1, 0.15) is 38.1 Å². The predicted molar refractivity (Wildman–Crippen MR) is 121 cm³/mol. The van der Waals surface area contributed by atoms with Gasteiger partial charge in [-0.15, -0.1) is 10.2 Å². The first-order valence-electron chi connectivity index (χ1n) is 10.5. The largest absolute Gasteiger partial charge is 0.461 e. The molecule has 1 saturated carbocycles. The van der Waals surface area contributed by atoms with E-state index < -0.39 is 0 Å². The van der Waals surface area contributed by atoms with Gasteiger partial charge in [0.05, 0.1) is 23.2 Å². The van der Waals surface area contributed by atoms with E-state index >= 15 is 0 Å². The van der Waals surface area contributed by atoms with Gasteiger partial charge in [0.1, 0.15) is 0 Å². The van der Waals surface area contributed by atoms with Crippen LogP contribution in [0.25, 0.3) is 22.5 Å². The van der Waals surface area contributed by atoms with E-state index in [-0.39, 0.29) is 11.7 Å². The fourth-order valence-electron chi connectivity index (χ4n) is 4.15. The van der Waals surface area contributed by atoms with E-state index in [2.05, 4.69) is 25.1 Å². The summed E-state index contributed by atoms with van der Waals surface area (Å²) in [6, 6.07) is 13.6. The number of pyridine rings is 1. The summed E-state index contributed by atoms with van der Waals surface area (Å²) in [6.07, 6.45) is 9.23. The van der Waals surface area contributed by atoms with Crippen LogP contribution < -0.4 is 5.32 Å². The number of nitrogens with one attached hydrogen (secondary N) is 1. The molecule has 1 aliphatic carbocycles. The fraction of sp³-hybridized carbons (Fsp3) is 0.304. The summed E-state index contributed by atoms with van der Waals surface area (Å²) in [7, 11) is 0. The van der Waals surface area contributed by atoms with Crippen LogP contribution in [0.15, 0.2) is 64.5 Å². The normalized spacial score (nSPS) is 14.7. The number of aromatic nitrogens is 4. The number of anilines is 1. The van der Waals surface area contributed by atoms with Gasteiger partial charge in [-0.2, -0.15) is 0 Å². The molecule has 7 nitrogen and oxygen atoms in total. The predicted octanol–water partition coefficient (Wildman–Crippen LogP) is 5.32. The number of carbonyl (C=O) groups is 1. The highest BCUT2D eigenvalue weighted by Crippen LogP contribution is 2.35. The Morgan fingerprint density at radius 1 is 1.10 bits per heavy atom. The monoisotopic (exact) mass is 433 g/mol. The van der Waals surface area contributed by atoms with E-state index in [1.807, 2.05) is 42.5 Å². The maximum Gasteiger partial charge on any atom is 0.234 e. The van der Waals surface area contributed by atoms with Crippen LogP contribution >= 0.6 is 11.8 Å². The molecule has 1 N–H and O–H groups in total. The molecule has 31 heavy (non-hydrogen) atoms. The number of hydrogen-bond acceptors (Lipinski definition) is 6. The van der Waals surface area contributed by atoms with Crippen molar-refractivity contribution in [3.63, 3.8) is 0 Å². The lowest BCUT2D eigenvalue weighted by atomic mass is 9.95. The van der Waals surface area contributed by atoms with Crippen molar-refractivity contribution in [2.75, 3.05) is 11.1 Å². The zero-order valence-corrected chi connectivity index (χ0v) is 17.8. The quantitative estimate of drug-likeness (QED) is 0.414. The highest BCUT2D eigenvalue weighted by atomic mass is 32.2. The minimum Gasteiger partial charge on any atom is -0.461 e. The van der Waals surface area contributed by atoms with E-state index in [4.69, 9.17) is 4.42 Å². The van der Waals surface area contributed by atoms with Gasteiger partial charge in [0.25, 0.3) is 0 Å². The average molecular weight is 434 g/mol. The van der Waals surface area contributed by atoms with Crippen molar-refractivity contribution < 1.29 is 9.21 Å². The molecule has 1 fully saturated rings. The Kier molecular flexibility index (Phi) is 5.71. The maximum atomic E-state index is 12.7. The van der Waals surface area contributed by atoms with Gasteiger partial charge in [0, 0.05) is 17.6 Å². The van der Waals surface area contributed by atoms with Gasteiger partial charge in [-0.3, -0.25) is 14.3 Å². The highest BCUT2D eigenvalue weighted by Gasteiger charge is 2.25. The zero-order chi connectivity index (χ0) is 21.0. The first-order chi connectivity index (χ1) is 15.3. The molecule has 1 aromatic carbocycles. The van der Waals surface area contributed by atoms with Gasteiger partial charge in [-0.1, -0.05) is 37.1 Å². The summed E-state index contributed by atoms with van der Waals surface area (Å²) < 4.78 is 7.76. The van der Waals surface area contributed by atoms with Gasteiger partial charge >= 0.3 is 0 Å². The number of nitrogens with zero attached hydrogens (tertiary/aromatic N) is 4. The third-order valence-electron chi connectivity index (χ3n) is 5.60. The maximum absolute atomic E-state index is 12.7. The Morgan fingerprint density at radius 3 is 2.84 bits per heavy atom. The molecule has 0 aliphatic heterocycles. The molecule has 0 atom stereocenters. The average Bonchev–Trinajstić information content (AvgIpc) is 3.48. The van der Waals surface area contributed by atoms with Gasteiger partial charge in [-0.05, 0) is 49.2 Å². The zero-order valence-electron chi connectivity index (χ0n) is 17.0. The first-order valence-corrected chi connectivity index (χ1v) is 11.5. The van der Waals surface area contributed by atoms with Crippen molar-refractivity contribution >= 4 is 34.3 Å². The third kappa shape index (κ3) is 4.20. The second-order valence-corrected chi connectivity index (χ2v) is 8.60. The van der Waals surface area contributed by atoms with Crippen LogP contribution in [0.2, 0.25) is 0 Å². The van der Waals surface area contributed by atoms with Gasteiger partial charge < -0.3 is 9.73 Å². The minimum absolute atomic E-state index is 0.0842. The molecule has 8 heteroatoms. The van der Waals surface area contributed by atoms with Crippen LogP contribution in [-0.2, 0) is 4.79 Å². The number of fused-ring (bicyclic) bond motifs is 1. The van der Waals surface area contributed by atoms with Crippen molar-refractivity contribution in [2.45, 2.75) is 43.3 Å². The molecule has 4 aromatic rings. The highest BCUT2D eigenvalue weighted by molar-refractivity contribution is 7.99. The Labute approximate surface area is 184 Å². The lowest BCUT2D eigenvalue weighted by Gasteiger charge is -2.25. The molecular formula is C23H23N5O2S. The summed E-state index contributed by atoms with van der Waals surface area (Å²) in [4.78, 5) is 17.1. The van der Waals surface area contributed by atoms with Crippen molar-refractivity contribution in [3.8, 4) is 11.6 Å². The van der Waals surface area contributed by atoms with Gasteiger partial charge in [-0.25, -0.2) is 0 Å². The first kappa shape index (κ1) is 19.8. The van der Waals surface area contributed by atoms with Crippen LogP contribution in [0.4, 0.5) is 5.69 Å². The fourth-order valence-corrected chi connectivity index (χ4v) is 4.95. The molecule has 0 saturated heterocycles. The van der Waals surface area contributed by atoms with E-state index in [1.54, 1.807) is 12.5 Å². The van der Waals surface area contributed by atoms with Crippen LogP contribution in [0.3, 0.4) is 0 Å². The van der Waals surface area contributed by atoms with Crippen molar-refractivity contribution in [1.82, 2.24) is 19.7 Å². The Hall–Kier alpha value is -3.13. The lowest BCUT2D eigenvalue weighted by Crippen LogP contribution is -2.17. The Bertz CT molecular complexity index is 1180. The Morgan fingerprint density at radius 2 is 2.00 bits per heavy atom. The second-order valence-electron chi connectivity index (χ2n) is 7.66. The van der Waals surface area contributed by atoms with Gasteiger partial charge in [0.15, 0.2) is 10.9 Å². The SMILES string of the molecule is O=C(CSc1nnc(-c2ccco2)n1C1CCCCC1)Nc1cccc2ncccc12. The number of rotatable bonds is 6. The molecule has 0 spiro atoms. The number of amides is 1. The molecule has 3 heterocycles. The molecule has 5 rings (SSSR count). The summed E-state index contributed by atoms with van der Waals surface area (Å²) in [5.74, 6) is 1.61. The molecular weight excluding hydrogens is 410 g/mol. The van der Waals surface area contributed by atoms with Crippen molar-refractivity contribution in [3.05, 3.63) is 54.9 Å². The van der Waals surface area contributed by atoms with Gasteiger partial charge in [0.2, 0.25) is 11.7 Å². The van der Waals surface area contributed by atoms with Crippen molar-refractivity contribution in [2.24, 2.45) is 0 Å². The van der Waals surface area contributed by atoms with Crippen LogP contribution in [0, 0.1) is 0 Å². The number of carbonyl (C=O) groups excluding carboxylic acids is 1. The summed E-state index contributed by atoms with van der Waals surface area (Å²) in [5, 5.41) is 13.5. The number of furan rings is 1. The molecule has 3 aromatic heterocycles. The number of thioether (sulfide) groups is 1. The number of hydrogen-bond donors (Lipinski definition) is 1. The van der Waals surface area contributed by atoms with E-state index in [0.29, 0.717) is 11.8 Å². The van der Waals surface area contributed by atoms with Crippen LogP contribution in [-0.4, -0.2) is 31.4 Å². The molecule has 1 amide bonds. The molecule has 158 valence electrons. The second kappa shape index (κ2) is 8.93. The standard InChI is InChI=1S/C23H23N5O2S/c29-21(25-19-11-4-10-18-17(19)9-5-13-24-18)15-31-23-27-26-22(20-12-6-14-30-20)28(23)16-7-2-1-3-8-16/h4-6,9-14,16H,1-3,7-8,15H2,(H,25,29). The molecule has 0 bridgehead atoms. The van der Waals surface area contributed by atoms with E-state index in [1.165, 1.54) is 31.0 Å². The lowest BCUT2D eigenvalue weighted by molar-refractivity contribution is -0.113. The van der Waals surface area contributed by atoms with E-state index in [0.717, 1.165) is 40.4 Å². The van der Waals surface area contributed by atoms with E-state index in [9.17, 15) is 4.79 Å². The van der Waals surface area contributed by atoms with Crippen molar-refractivity contribution in [1.29, 1.82) is 0 Å². The number of benzene rings is 1. The minimum atomic E-state index is -0.0842. The topological polar surface area (TPSA) is 85.8 Å². The van der Waals surface area contributed by atoms with Crippen LogP contribution in [0.5, 0.6) is 0 Å². The summed E-state index contributed by atoms with van der Waals surface area (Å²) in [6.45, 7) is 0. The Balaban J connectivity index is 1.34. The molecule has 0 unspecified atom stereocenters. The summed E-state index contributed by atoms with van der Waals surface area (Å²) >= 11 is 1.41. The summed E-state index contributed by atoms with van der Waals surface area (Å²) in [5.41, 5.74) is 1.62. The molecule has 1 aliphatic rings.